The summed E-state index contributed by atoms with van der Waals surface area (Å²) in [5.41, 5.74) is 0.411. The first kappa shape index (κ1) is 13.2. The molecule has 0 aliphatic heterocycles. The first-order valence-corrected chi connectivity index (χ1v) is 5.81. The lowest BCUT2D eigenvalue weighted by molar-refractivity contribution is -0.0466. The van der Waals surface area contributed by atoms with E-state index in [1.807, 2.05) is 58.0 Å². The van der Waals surface area contributed by atoms with Crippen molar-refractivity contribution in [3.8, 4) is 0 Å². The van der Waals surface area contributed by atoms with Crippen molar-refractivity contribution in [3.63, 3.8) is 0 Å². The number of benzene rings is 1. The van der Waals surface area contributed by atoms with E-state index in [2.05, 4.69) is 0 Å². The molecule has 2 heteroatoms. The van der Waals surface area contributed by atoms with Gasteiger partial charge in [0.15, 0.2) is 0 Å². The largest absolute Gasteiger partial charge is 0.390 e. The highest BCUT2D eigenvalue weighted by molar-refractivity contribution is 5.18. The van der Waals surface area contributed by atoms with Crippen molar-refractivity contribution < 1.29 is 9.84 Å². The van der Waals surface area contributed by atoms with Gasteiger partial charge >= 0.3 is 0 Å². The Morgan fingerprint density at radius 1 is 1.19 bits per heavy atom. The minimum absolute atomic E-state index is 0.0406. The fourth-order valence-corrected chi connectivity index (χ4v) is 1.69. The predicted molar refractivity (Wildman–Crippen MR) is 66.3 cm³/mol. The fraction of sp³-hybridized carbons (Fsp3) is 0.571. The maximum atomic E-state index is 9.88. The Kier molecular flexibility index (Phi) is 4.51. The van der Waals surface area contributed by atoms with Gasteiger partial charge in [-0.3, -0.25) is 0 Å². The smallest absolute Gasteiger partial charge is 0.0855 e. The Morgan fingerprint density at radius 3 is 2.19 bits per heavy atom. The average Bonchev–Trinajstić information content (AvgIpc) is 2.15. The van der Waals surface area contributed by atoms with E-state index in [9.17, 15) is 5.11 Å². The van der Waals surface area contributed by atoms with Crippen LogP contribution in [-0.2, 0) is 4.74 Å². The maximum absolute atomic E-state index is 9.88. The number of ether oxygens (including phenoxy) is 1. The van der Waals surface area contributed by atoms with Crippen LogP contribution in [0.1, 0.15) is 45.8 Å². The van der Waals surface area contributed by atoms with Crippen LogP contribution in [0.2, 0.25) is 0 Å². The summed E-state index contributed by atoms with van der Waals surface area (Å²) >= 11 is 0. The van der Waals surface area contributed by atoms with Crippen molar-refractivity contribution in [1.82, 2.24) is 0 Å². The zero-order valence-electron chi connectivity index (χ0n) is 10.6. The van der Waals surface area contributed by atoms with E-state index >= 15 is 0 Å². The molecular formula is C14H22O2. The fourth-order valence-electron chi connectivity index (χ4n) is 1.69. The molecule has 0 saturated heterocycles. The first-order chi connectivity index (χ1) is 7.38. The van der Waals surface area contributed by atoms with Gasteiger partial charge in [-0.15, -0.1) is 0 Å². The van der Waals surface area contributed by atoms with Crippen molar-refractivity contribution in [2.75, 3.05) is 0 Å². The average molecular weight is 222 g/mol. The Morgan fingerprint density at radius 2 is 1.75 bits per heavy atom. The molecule has 16 heavy (non-hydrogen) atoms. The first-order valence-electron chi connectivity index (χ1n) is 5.81. The zero-order chi connectivity index (χ0) is 12.2. The molecule has 1 unspecified atom stereocenters. The van der Waals surface area contributed by atoms with E-state index in [-0.39, 0.29) is 12.2 Å². The van der Waals surface area contributed by atoms with Gasteiger partial charge in [0.1, 0.15) is 0 Å². The van der Waals surface area contributed by atoms with E-state index in [1.54, 1.807) is 0 Å². The Bertz CT molecular complexity index is 298. The summed E-state index contributed by atoms with van der Waals surface area (Å²) in [6.45, 7) is 7.65. The third-order valence-electron chi connectivity index (χ3n) is 2.29. The van der Waals surface area contributed by atoms with Crippen LogP contribution in [0, 0.1) is 0 Å². The van der Waals surface area contributed by atoms with E-state index in [1.165, 1.54) is 0 Å². The summed E-state index contributed by atoms with van der Waals surface area (Å²) in [6, 6.07) is 10.1. The molecule has 0 aromatic heterocycles. The van der Waals surface area contributed by atoms with Crippen molar-refractivity contribution in [2.45, 2.75) is 51.9 Å². The number of aliphatic hydroxyl groups is 1. The molecule has 0 saturated carbocycles. The monoisotopic (exact) mass is 222 g/mol. The molecule has 0 aliphatic carbocycles. The Hall–Kier alpha value is -0.860. The third kappa shape index (κ3) is 4.77. The van der Waals surface area contributed by atoms with Gasteiger partial charge in [0.05, 0.1) is 17.8 Å². The van der Waals surface area contributed by atoms with Crippen LogP contribution in [-0.4, -0.2) is 16.8 Å². The van der Waals surface area contributed by atoms with Gasteiger partial charge in [0.2, 0.25) is 0 Å². The number of hydrogen-bond acceptors (Lipinski definition) is 2. The maximum Gasteiger partial charge on any atom is 0.0855 e. The van der Waals surface area contributed by atoms with Crippen molar-refractivity contribution >= 4 is 0 Å². The van der Waals surface area contributed by atoms with Crippen LogP contribution in [0.15, 0.2) is 30.3 Å². The molecule has 1 aromatic rings. The van der Waals surface area contributed by atoms with Crippen LogP contribution in [0.3, 0.4) is 0 Å². The minimum Gasteiger partial charge on any atom is -0.390 e. The van der Waals surface area contributed by atoms with Crippen molar-refractivity contribution in [3.05, 3.63) is 35.9 Å². The van der Waals surface area contributed by atoms with Gasteiger partial charge in [-0.05, 0) is 33.3 Å². The van der Waals surface area contributed by atoms with Gasteiger partial charge in [0.25, 0.3) is 0 Å². The summed E-state index contributed by atoms with van der Waals surface area (Å²) in [5, 5.41) is 9.88. The molecule has 2 nitrogen and oxygen atoms in total. The molecule has 0 aliphatic rings. The van der Waals surface area contributed by atoms with E-state index in [4.69, 9.17) is 4.74 Å². The summed E-state index contributed by atoms with van der Waals surface area (Å²) < 4.78 is 5.85. The van der Waals surface area contributed by atoms with Gasteiger partial charge in [-0.25, -0.2) is 0 Å². The van der Waals surface area contributed by atoms with E-state index in [0.717, 1.165) is 5.56 Å². The molecule has 0 spiro atoms. The Balaban J connectivity index is 2.80. The highest BCUT2D eigenvalue weighted by Gasteiger charge is 2.23. The second-order valence-electron chi connectivity index (χ2n) is 5.10. The van der Waals surface area contributed by atoms with Crippen molar-refractivity contribution in [2.24, 2.45) is 0 Å². The summed E-state index contributed by atoms with van der Waals surface area (Å²) in [7, 11) is 0. The topological polar surface area (TPSA) is 29.5 Å². The molecule has 1 aromatic carbocycles. The lowest BCUT2D eigenvalue weighted by Crippen LogP contribution is -2.25. The molecule has 0 heterocycles. The van der Waals surface area contributed by atoms with Gasteiger partial charge < -0.3 is 9.84 Å². The minimum atomic E-state index is -0.713. The SMILES string of the molecule is CC(C)OC(CC(C)(C)O)c1ccccc1. The third-order valence-corrected chi connectivity index (χ3v) is 2.29. The quantitative estimate of drug-likeness (QED) is 0.828. The molecule has 0 amide bonds. The molecule has 0 bridgehead atoms. The second kappa shape index (κ2) is 5.46. The normalized spacial score (nSPS) is 14.1. The molecule has 0 radical (unpaired) electrons. The summed E-state index contributed by atoms with van der Waals surface area (Å²) in [4.78, 5) is 0. The summed E-state index contributed by atoms with van der Waals surface area (Å²) in [6.07, 6.45) is 0.726. The van der Waals surface area contributed by atoms with E-state index in [0.29, 0.717) is 6.42 Å². The second-order valence-corrected chi connectivity index (χ2v) is 5.10. The highest BCUT2D eigenvalue weighted by Crippen LogP contribution is 2.28. The van der Waals surface area contributed by atoms with Crippen LogP contribution in [0.5, 0.6) is 0 Å². The molecule has 1 atom stereocenters. The lowest BCUT2D eigenvalue weighted by Gasteiger charge is -2.27. The van der Waals surface area contributed by atoms with Crippen LogP contribution in [0.4, 0.5) is 0 Å². The molecule has 1 rings (SSSR count). The zero-order valence-corrected chi connectivity index (χ0v) is 10.6. The van der Waals surface area contributed by atoms with E-state index < -0.39 is 5.60 Å². The lowest BCUT2D eigenvalue weighted by atomic mass is 9.96. The van der Waals surface area contributed by atoms with Crippen LogP contribution in [0.25, 0.3) is 0 Å². The number of rotatable bonds is 5. The Labute approximate surface area is 98.3 Å². The van der Waals surface area contributed by atoms with Gasteiger partial charge in [0, 0.05) is 6.42 Å². The van der Waals surface area contributed by atoms with Gasteiger partial charge in [-0.2, -0.15) is 0 Å². The number of hydrogen-bond donors (Lipinski definition) is 1. The van der Waals surface area contributed by atoms with Crippen LogP contribution < -0.4 is 0 Å². The summed E-state index contributed by atoms with van der Waals surface area (Å²) in [5.74, 6) is 0. The standard InChI is InChI=1S/C14H22O2/c1-11(2)16-13(10-14(3,4)15)12-8-6-5-7-9-12/h5-9,11,13,15H,10H2,1-4H3. The van der Waals surface area contributed by atoms with Crippen molar-refractivity contribution in [1.29, 1.82) is 0 Å². The highest BCUT2D eigenvalue weighted by atomic mass is 16.5. The molecule has 0 fully saturated rings. The predicted octanol–water partition coefficient (Wildman–Crippen LogP) is 3.31. The molecule has 90 valence electrons. The van der Waals surface area contributed by atoms with Gasteiger partial charge in [-0.1, -0.05) is 30.3 Å². The van der Waals surface area contributed by atoms with Crippen LogP contribution >= 0.6 is 0 Å². The molecule has 1 N–H and O–H groups in total. The molecular weight excluding hydrogens is 200 g/mol.